The number of halogens is 1. The van der Waals surface area contributed by atoms with Crippen LogP contribution in [0.1, 0.15) is 11.3 Å². The van der Waals surface area contributed by atoms with Crippen molar-refractivity contribution in [2.24, 2.45) is 0 Å². The molecule has 3 aromatic rings. The number of nitrogens with one attached hydrogen (secondary N) is 1. The molecule has 0 amide bonds. The number of H-pyrrole nitrogens is 1. The maximum Gasteiger partial charge on any atom is 0.276 e. The van der Waals surface area contributed by atoms with Crippen molar-refractivity contribution >= 4 is 22.9 Å². The molecule has 2 aromatic heterocycles. The van der Waals surface area contributed by atoms with E-state index in [0.29, 0.717) is 15.7 Å². The van der Waals surface area contributed by atoms with Crippen molar-refractivity contribution in [2.75, 3.05) is 0 Å². The summed E-state index contributed by atoms with van der Waals surface area (Å²) in [5.41, 5.74) is 3.33. The fourth-order valence-corrected chi connectivity index (χ4v) is 2.80. The average Bonchev–Trinajstić information content (AvgIpc) is 3.01. The molecule has 0 bridgehead atoms. The second kappa shape index (κ2) is 4.92. The predicted molar refractivity (Wildman–Crippen MR) is 82.0 cm³/mol. The largest absolute Gasteiger partial charge is 0.293 e. The maximum absolute atomic E-state index is 12.1. The third kappa shape index (κ3) is 2.19. The molecular formula is C14H12ClN3OS. The summed E-state index contributed by atoms with van der Waals surface area (Å²) in [4.78, 5) is 16.6. The molecule has 0 radical (unpaired) electrons. The SMILES string of the molecule is Cc1[nH]n(-c2nc(-c3ccc(Cl)cc3)cs2)c(=O)c1C. The maximum atomic E-state index is 12.1. The lowest BCUT2D eigenvalue weighted by Crippen LogP contribution is -2.15. The third-order valence-electron chi connectivity index (χ3n) is 3.19. The molecule has 0 spiro atoms. The summed E-state index contributed by atoms with van der Waals surface area (Å²) >= 11 is 7.30. The van der Waals surface area contributed by atoms with Gasteiger partial charge >= 0.3 is 0 Å². The van der Waals surface area contributed by atoms with Crippen molar-refractivity contribution in [2.45, 2.75) is 13.8 Å². The Hall–Kier alpha value is -1.85. The molecule has 4 nitrogen and oxygen atoms in total. The summed E-state index contributed by atoms with van der Waals surface area (Å²) in [7, 11) is 0. The highest BCUT2D eigenvalue weighted by Gasteiger charge is 2.12. The van der Waals surface area contributed by atoms with Crippen LogP contribution in [0.15, 0.2) is 34.4 Å². The van der Waals surface area contributed by atoms with Crippen molar-refractivity contribution in [3.63, 3.8) is 0 Å². The van der Waals surface area contributed by atoms with Crippen LogP contribution in [0.5, 0.6) is 0 Å². The van der Waals surface area contributed by atoms with E-state index in [1.54, 1.807) is 6.92 Å². The van der Waals surface area contributed by atoms with Gasteiger partial charge < -0.3 is 0 Å². The molecule has 102 valence electrons. The van der Waals surface area contributed by atoms with Gasteiger partial charge in [-0.25, -0.2) is 4.98 Å². The number of nitrogens with zero attached hydrogens (tertiary/aromatic N) is 2. The first-order valence-corrected chi connectivity index (χ1v) is 7.32. The van der Waals surface area contributed by atoms with Crippen LogP contribution in [0.4, 0.5) is 0 Å². The van der Waals surface area contributed by atoms with Crippen LogP contribution in [-0.2, 0) is 0 Å². The lowest BCUT2D eigenvalue weighted by Gasteiger charge is -1.97. The Morgan fingerprint density at radius 1 is 1.25 bits per heavy atom. The van der Waals surface area contributed by atoms with Crippen LogP contribution in [0, 0.1) is 13.8 Å². The van der Waals surface area contributed by atoms with Crippen LogP contribution in [-0.4, -0.2) is 14.8 Å². The van der Waals surface area contributed by atoms with Crippen molar-refractivity contribution < 1.29 is 0 Å². The van der Waals surface area contributed by atoms with Gasteiger partial charge in [0.15, 0.2) is 0 Å². The fourth-order valence-electron chi connectivity index (χ4n) is 1.89. The summed E-state index contributed by atoms with van der Waals surface area (Å²) in [5, 5.41) is 6.29. The Kier molecular flexibility index (Phi) is 3.23. The molecule has 2 heterocycles. The highest BCUT2D eigenvalue weighted by atomic mass is 35.5. The van der Waals surface area contributed by atoms with Gasteiger partial charge in [-0.05, 0) is 26.0 Å². The third-order valence-corrected chi connectivity index (χ3v) is 4.27. The molecule has 0 aliphatic carbocycles. The van der Waals surface area contributed by atoms with Gasteiger partial charge in [-0.1, -0.05) is 23.7 Å². The number of benzene rings is 1. The zero-order valence-corrected chi connectivity index (χ0v) is 12.5. The second-order valence-electron chi connectivity index (χ2n) is 4.52. The molecule has 6 heteroatoms. The van der Waals surface area contributed by atoms with Crippen LogP contribution in [0.3, 0.4) is 0 Å². The fraction of sp³-hybridized carbons (Fsp3) is 0.143. The van der Waals surface area contributed by atoms with Crippen LogP contribution >= 0.6 is 22.9 Å². The summed E-state index contributed by atoms with van der Waals surface area (Å²) in [6.45, 7) is 3.68. The van der Waals surface area contributed by atoms with E-state index in [4.69, 9.17) is 11.6 Å². The van der Waals surface area contributed by atoms with E-state index in [-0.39, 0.29) is 5.56 Å². The minimum absolute atomic E-state index is 0.0560. The van der Waals surface area contributed by atoms with Gasteiger partial charge in [0, 0.05) is 27.2 Å². The number of aromatic amines is 1. The van der Waals surface area contributed by atoms with E-state index in [2.05, 4.69) is 10.1 Å². The molecule has 0 fully saturated rings. The summed E-state index contributed by atoms with van der Waals surface area (Å²) in [5.74, 6) is 0. The first kappa shape index (κ1) is 13.1. The number of thiazole rings is 1. The number of aromatic nitrogens is 3. The number of rotatable bonds is 2. The Morgan fingerprint density at radius 2 is 1.95 bits per heavy atom. The van der Waals surface area contributed by atoms with Crippen molar-refractivity contribution in [3.05, 3.63) is 56.3 Å². The molecular weight excluding hydrogens is 294 g/mol. The van der Waals surface area contributed by atoms with Crippen LogP contribution < -0.4 is 5.56 Å². The van der Waals surface area contributed by atoms with Crippen LogP contribution in [0.25, 0.3) is 16.4 Å². The van der Waals surface area contributed by atoms with E-state index in [1.807, 2.05) is 36.6 Å². The zero-order chi connectivity index (χ0) is 14.3. The monoisotopic (exact) mass is 305 g/mol. The molecule has 0 aliphatic rings. The van der Waals surface area contributed by atoms with Gasteiger partial charge in [-0.15, -0.1) is 11.3 Å². The molecule has 0 saturated heterocycles. The molecule has 0 saturated carbocycles. The van der Waals surface area contributed by atoms with Gasteiger partial charge in [0.1, 0.15) is 0 Å². The highest BCUT2D eigenvalue weighted by molar-refractivity contribution is 7.12. The van der Waals surface area contributed by atoms with Gasteiger partial charge in [-0.3, -0.25) is 9.89 Å². The van der Waals surface area contributed by atoms with Gasteiger partial charge in [0.2, 0.25) is 5.13 Å². The topological polar surface area (TPSA) is 50.7 Å². The minimum Gasteiger partial charge on any atom is -0.293 e. The van der Waals surface area contributed by atoms with E-state index >= 15 is 0 Å². The van der Waals surface area contributed by atoms with Gasteiger partial charge in [0.05, 0.1) is 5.69 Å². The normalized spacial score (nSPS) is 10.9. The van der Waals surface area contributed by atoms with E-state index in [1.165, 1.54) is 16.0 Å². The summed E-state index contributed by atoms with van der Waals surface area (Å²) < 4.78 is 1.48. The second-order valence-corrected chi connectivity index (χ2v) is 5.80. The highest BCUT2D eigenvalue weighted by Crippen LogP contribution is 2.24. The number of aryl methyl sites for hydroxylation is 1. The molecule has 0 aliphatic heterocycles. The van der Waals surface area contributed by atoms with E-state index in [0.717, 1.165) is 17.0 Å². The number of hydrogen-bond acceptors (Lipinski definition) is 3. The molecule has 1 aromatic carbocycles. The first-order valence-electron chi connectivity index (χ1n) is 6.06. The lowest BCUT2D eigenvalue weighted by atomic mass is 10.2. The molecule has 3 rings (SSSR count). The quantitative estimate of drug-likeness (QED) is 0.787. The minimum atomic E-state index is -0.0560. The summed E-state index contributed by atoms with van der Waals surface area (Å²) in [6, 6.07) is 7.47. The standard InChI is InChI=1S/C14H12ClN3OS/c1-8-9(2)17-18(13(8)19)14-16-12(7-20-14)10-3-5-11(15)6-4-10/h3-7,17H,1-2H3. The van der Waals surface area contributed by atoms with Gasteiger partial charge in [0.25, 0.3) is 5.56 Å². The van der Waals surface area contributed by atoms with Crippen molar-refractivity contribution in [3.8, 4) is 16.4 Å². The Balaban J connectivity index is 2.04. The Labute approximate surface area is 124 Å². The summed E-state index contributed by atoms with van der Waals surface area (Å²) in [6.07, 6.45) is 0. The van der Waals surface area contributed by atoms with E-state index < -0.39 is 0 Å². The Bertz CT molecular complexity index is 814. The zero-order valence-electron chi connectivity index (χ0n) is 11.0. The number of hydrogen-bond donors (Lipinski definition) is 1. The first-order chi connectivity index (χ1) is 9.56. The average molecular weight is 306 g/mol. The van der Waals surface area contributed by atoms with Crippen LogP contribution in [0.2, 0.25) is 5.02 Å². The van der Waals surface area contributed by atoms with Crippen molar-refractivity contribution in [1.29, 1.82) is 0 Å². The van der Waals surface area contributed by atoms with Gasteiger partial charge in [-0.2, -0.15) is 4.68 Å². The smallest absolute Gasteiger partial charge is 0.276 e. The Morgan fingerprint density at radius 3 is 2.55 bits per heavy atom. The molecule has 0 unspecified atom stereocenters. The molecule has 1 N–H and O–H groups in total. The lowest BCUT2D eigenvalue weighted by molar-refractivity contribution is 0.827. The predicted octanol–water partition coefficient (Wildman–Crippen LogP) is 3.56. The molecule has 20 heavy (non-hydrogen) atoms. The van der Waals surface area contributed by atoms with E-state index in [9.17, 15) is 4.79 Å². The van der Waals surface area contributed by atoms with Crippen molar-refractivity contribution in [1.82, 2.24) is 14.8 Å². The molecule has 0 atom stereocenters.